The molecule has 0 bridgehead atoms. The van der Waals surface area contributed by atoms with Gasteiger partial charge in [-0.3, -0.25) is 0 Å². The summed E-state index contributed by atoms with van der Waals surface area (Å²) >= 11 is 0. The van der Waals surface area contributed by atoms with E-state index >= 15 is 0 Å². The summed E-state index contributed by atoms with van der Waals surface area (Å²) in [5.41, 5.74) is -0.215. The molecule has 0 atom stereocenters. The maximum atomic E-state index is 5.40. The van der Waals surface area contributed by atoms with Gasteiger partial charge < -0.3 is 4.74 Å². The van der Waals surface area contributed by atoms with E-state index in [0.29, 0.717) is 0 Å². The number of ether oxygens (including phenoxy) is 1. The molecule has 78 valence electrons. The molecule has 0 saturated heterocycles. The highest BCUT2D eigenvalue weighted by Crippen LogP contribution is 2.42. The molecule has 1 aromatic carbocycles. The van der Waals surface area contributed by atoms with Gasteiger partial charge in [0.05, 0.1) is 0 Å². The molecule has 0 saturated carbocycles. The minimum Gasteiger partial charge on any atom is -0.370 e. The van der Waals surface area contributed by atoms with E-state index in [1.54, 1.807) is 7.11 Å². The third-order valence-corrected chi connectivity index (χ3v) is 4.46. The molecule has 15 heavy (non-hydrogen) atoms. The van der Waals surface area contributed by atoms with Crippen LogP contribution in [0.15, 0.2) is 54.1 Å². The quantitative estimate of drug-likeness (QED) is 0.692. The van der Waals surface area contributed by atoms with Gasteiger partial charge >= 0.3 is 0 Å². The van der Waals surface area contributed by atoms with Crippen molar-refractivity contribution in [2.75, 3.05) is 7.11 Å². The van der Waals surface area contributed by atoms with Gasteiger partial charge in [0.25, 0.3) is 0 Å². The van der Waals surface area contributed by atoms with E-state index in [0.717, 1.165) is 0 Å². The zero-order chi connectivity index (χ0) is 10.7. The van der Waals surface area contributed by atoms with Crippen LogP contribution in [0.4, 0.5) is 0 Å². The van der Waals surface area contributed by atoms with Crippen molar-refractivity contribution in [3.8, 4) is 0 Å². The Kier molecular flexibility index (Phi) is 3.04. The second-order valence-electron chi connectivity index (χ2n) is 3.76. The highest BCUT2D eigenvalue weighted by Gasteiger charge is 2.20. The number of methoxy groups -OCH3 is 1. The lowest BCUT2D eigenvalue weighted by atomic mass is 10.1. The van der Waals surface area contributed by atoms with Crippen molar-refractivity contribution >= 4 is 13.2 Å². The summed E-state index contributed by atoms with van der Waals surface area (Å²) in [6, 6.07) is 10.6. The van der Waals surface area contributed by atoms with E-state index in [1.165, 1.54) is 5.30 Å². The summed E-state index contributed by atoms with van der Waals surface area (Å²) in [6.07, 6.45) is 4.29. The third kappa shape index (κ3) is 2.37. The van der Waals surface area contributed by atoms with Gasteiger partial charge in [-0.15, -0.1) is 0 Å². The normalized spacial score (nSPS) is 29.3. The number of rotatable bonds is 2. The summed E-state index contributed by atoms with van der Waals surface area (Å²) < 4.78 is 5.40. The summed E-state index contributed by atoms with van der Waals surface area (Å²) in [5, 5.41) is 1.39. The van der Waals surface area contributed by atoms with Crippen molar-refractivity contribution < 1.29 is 4.74 Å². The summed E-state index contributed by atoms with van der Waals surface area (Å²) in [5.74, 6) is 4.52. The maximum Gasteiger partial charge on any atom is 0.102 e. The number of hydrogen-bond acceptors (Lipinski definition) is 1. The molecule has 1 aliphatic heterocycles. The SMILES string of the molecule is COC1(C)C=CP(c2ccccc2)C=C1. The monoisotopic (exact) mass is 218 g/mol. The van der Waals surface area contributed by atoms with E-state index in [1.807, 2.05) is 0 Å². The molecule has 2 heteroatoms. The Labute approximate surface area is 92.2 Å². The van der Waals surface area contributed by atoms with Crippen molar-refractivity contribution in [2.45, 2.75) is 12.5 Å². The van der Waals surface area contributed by atoms with Gasteiger partial charge in [0.15, 0.2) is 0 Å². The molecule has 0 amide bonds. The standard InChI is InChI=1S/C13H15OP/c1-13(14-2)8-10-15(11-9-13)12-6-4-3-5-7-12/h3-11H,1-2H3. The Balaban J connectivity index is 2.18. The van der Waals surface area contributed by atoms with E-state index in [-0.39, 0.29) is 13.5 Å². The lowest BCUT2D eigenvalue weighted by Gasteiger charge is -2.25. The first kappa shape index (κ1) is 10.6. The third-order valence-electron chi connectivity index (χ3n) is 2.63. The summed E-state index contributed by atoms with van der Waals surface area (Å²) in [7, 11) is 1.47. The molecule has 2 rings (SSSR count). The fourth-order valence-corrected chi connectivity index (χ4v) is 3.34. The van der Waals surface area contributed by atoms with Crippen molar-refractivity contribution in [2.24, 2.45) is 0 Å². The molecule has 0 aromatic heterocycles. The topological polar surface area (TPSA) is 9.23 Å². The minimum absolute atomic E-state index is 0.215. The van der Waals surface area contributed by atoms with Gasteiger partial charge in [-0.1, -0.05) is 42.0 Å². The molecule has 0 N–H and O–H groups in total. The van der Waals surface area contributed by atoms with Crippen LogP contribution < -0.4 is 5.30 Å². The van der Waals surface area contributed by atoms with Crippen LogP contribution in [-0.4, -0.2) is 12.7 Å². The largest absolute Gasteiger partial charge is 0.370 e. The Hall–Kier alpha value is -0.910. The van der Waals surface area contributed by atoms with Crippen LogP contribution >= 0.6 is 7.92 Å². The zero-order valence-corrected chi connectivity index (χ0v) is 9.95. The van der Waals surface area contributed by atoms with Crippen LogP contribution in [0.3, 0.4) is 0 Å². The summed E-state index contributed by atoms with van der Waals surface area (Å²) in [6.45, 7) is 2.07. The smallest absolute Gasteiger partial charge is 0.102 e. The highest BCUT2D eigenvalue weighted by atomic mass is 31.1. The van der Waals surface area contributed by atoms with E-state index < -0.39 is 0 Å². The van der Waals surface area contributed by atoms with Crippen molar-refractivity contribution in [1.82, 2.24) is 0 Å². The average Bonchev–Trinajstić information content (AvgIpc) is 2.31. The van der Waals surface area contributed by atoms with Crippen LogP contribution in [0.5, 0.6) is 0 Å². The maximum absolute atomic E-state index is 5.40. The van der Waals surface area contributed by atoms with Crippen LogP contribution in [-0.2, 0) is 4.74 Å². The van der Waals surface area contributed by atoms with Crippen LogP contribution in [0.1, 0.15) is 6.92 Å². The molecule has 0 spiro atoms. The molecule has 1 heterocycles. The molecular formula is C13H15OP. The molecule has 1 nitrogen and oxygen atoms in total. The Morgan fingerprint density at radius 3 is 2.20 bits per heavy atom. The molecule has 0 aliphatic carbocycles. The molecule has 1 aliphatic rings. The predicted octanol–water partition coefficient (Wildman–Crippen LogP) is 3.24. The van der Waals surface area contributed by atoms with Crippen molar-refractivity contribution in [3.63, 3.8) is 0 Å². The minimum atomic E-state index is -0.272. The molecular weight excluding hydrogens is 203 g/mol. The first-order chi connectivity index (χ1) is 7.23. The Morgan fingerprint density at radius 1 is 1.07 bits per heavy atom. The molecule has 1 aromatic rings. The average molecular weight is 218 g/mol. The van der Waals surface area contributed by atoms with E-state index in [4.69, 9.17) is 4.74 Å². The second kappa shape index (κ2) is 4.30. The van der Waals surface area contributed by atoms with Gasteiger partial charge in [0, 0.05) is 7.11 Å². The Morgan fingerprint density at radius 2 is 1.67 bits per heavy atom. The van der Waals surface area contributed by atoms with E-state index in [9.17, 15) is 0 Å². The van der Waals surface area contributed by atoms with Gasteiger partial charge in [-0.2, -0.15) is 0 Å². The van der Waals surface area contributed by atoms with Crippen molar-refractivity contribution in [1.29, 1.82) is 0 Å². The van der Waals surface area contributed by atoms with Crippen LogP contribution in [0, 0.1) is 0 Å². The Bertz CT molecular complexity index is 367. The molecule has 0 unspecified atom stereocenters. The number of benzene rings is 1. The van der Waals surface area contributed by atoms with Gasteiger partial charge in [0.1, 0.15) is 5.60 Å². The fourth-order valence-electron chi connectivity index (χ4n) is 1.47. The first-order valence-corrected chi connectivity index (χ1v) is 6.49. The van der Waals surface area contributed by atoms with Gasteiger partial charge in [-0.25, -0.2) is 0 Å². The molecule has 0 fully saturated rings. The van der Waals surface area contributed by atoms with Crippen molar-refractivity contribution in [3.05, 3.63) is 54.1 Å². The first-order valence-electron chi connectivity index (χ1n) is 5.01. The van der Waals surface area contributed by atoms with Crippen LogP contribution in [0.2, 0.25) is 0 Å². The number of hydrogen-bond donors (Lipinski definition) is 0. The molecule has 0 radical (unpaired) electrons. The fraction of sp³-hybridized carbons (Fsp3) is 0.231. The van der Waals surface area contributed by atoms with Gasteiger partial charge in [-0.05, 0) is 32.3 Å². The lowest BCUT2D eigenvalue weighted by molar-refractivity contribution is 0.0907. The van der Waals surface area contributed by atoms with Crippen LogP contribution in [0.25, 0.3) is 0 Å². The highest BCUT2D eigenvalue weighted by molar-refractivity contribution is 7.71. The predicted molar refractivity (Wildman–Crippen MR) is 66.7 cm³/mol. The lowest BCUT2D eigenvalue weighted by Crippen LogP contribution is -2.22. The summed E-state index contributed by atoms with van der Waals surface area (Å²) in [4.78, 5) is 0. The zero-order valence-electron chi connectivity index (χ0n) is 9.05. The van der Waals surface area contributed by atoms with E-state index in [2.05, 4.69) is 61.0 Å². The second-order valence-corrected chi connectivity index (χ2v) is 5.69. The van der Waals surface area contributed by atoms with Gasteiger partial charge in [0.2, 0.25) is 0 Å².